The first kappa shape index (κ1) is 16.0. The number of nitrogens with zero attached hydrogens (tertiary/aromatic N) is 7. The summed E-state index contributed by atoms with van der Waals surface area (Å²) in [4.78, 5) is 7.18. The first-order valence-electron chi connectivity index (χ1n) is 9.28. The van der Waals surface area contributed by atoms with Crippen molar-refractivity contribution in [2.24, 2.45) is 7.05 Å². The lowest BCUT2D eigenvalue weighted by Gasteiger charge is -2.33. The van der Waals surface area contributed by atoms with Gasteiger partial charge < -0.3 is 9.47 Å². The quantitative estimate of drug-likeness (QED) is 0.563. The molecule has 0 N–H and O–H groups in total. The van der Waals surface area contributed by atoms with E-state index in [4.69, 9.17) is 4.98 Å². The molecule has 7 heteroatoms. The molecular formula is C20H21N7. The maximum Gasteiger partial charge on any atom is 0.157 e. The van der Waals surface area contributed by atoms with Gasteiger partial charge in [-0.15, -0.1) is 10.2 Å². The minimum atomic E-state index is 0.456. The second kappa shape index (κ2) is 6.50. The average molecular weight is 359 g/mol. The van der Waals surface area contributed by atoms with E-state index < -0.39 is 0 Å². The van der Waals surface area contributed by atoms with Crippen LogP contribution in [0.15, 0.2) is 55.0 Å². The fourth-order valence-corrected chi connectivity index (χ4v) is 3.91. The van der Waals surface area contributed by atoms with Crippen LogP contribution in [0, 0.1) is 0 Å². The lowest BCUT2D eigenvalue weighted by atomic mass is 9.96. The van der Waals surface area contributed by atoms with Crippen LogP contribution in [0.4, 0.5) is 5.82 Å². The molecule has 0 spiro atoms. The zero-order valence-corrected chi connectivity index (χ0v) is 15.2. The Hall–Kier alpha value is -3.22. The van der Waals surface area contributed by atoms with Crippen LogP contribution in [-0.4, -0.2) is 42.5 Å². The van der Waals surface area contributed by atoms with E-state index >= 15 is 0 Å². The molecule has 5 rings (SSSR count). The van der Waals surface area contributed by atoms with E-state index in [0.717, 1.165) is 54.5 Å². The first-order chi connectivity index (χ1) is 13.3. The second-order valence-electron chi connectivity index (χ2n) is 7.03. The number of aromatic nitrogens is 6. The zero-order valence-electron chi connectivity index (χ0n) is 15.2. The molecule has 3 aromatic heterocycles. The molecule has 136 valence electrons. The zero-order chi connectivity index (χ0) is 18.2. The summed E-state index contributed by atoms with van der Waals surface area (Å²) in [6.45, 7) is 1.93. The Labute approximate surface area is 157 Å². The molecule has 4 heterocycles. The average Bonchev–Trinajstić information content (AvgIpc) is 3.37. The number of hydrogen-bond acceptors (Lipinski definition) is 5. The fourth-order valence-electron chi connectivity index (χ4n) is 3.91. The van der Waals surface area contributed by atoms with Crippen LogP contribution in [0.5, 0.6) is 0 Å². The lowest BCUT2D eigenvalue weighted by molar-refractivity contribution is 0.470. The highest BCUT2D eigenvalue weighted by atomic mass is 15.3. The highest BCUT2D eigenvalue weighted by Gasteiger charge is 2.25. The van der Waals surface area contributed by atoms with Gasteiger partial charge in [-0.1, -0.05) is 30.3 Å². The summed E-state index contributed by atoms with van der Waals surface area (Å²) >= 11 is 0. The topological polar surface area (TPSA) is 64.1 Å². The highest BCUT2D eigenvalue weighted by molar-refractivity contribution is 5.66. The van der Waals surface area contributed by atoms with E-state index in [-0.39, 0.29) is 0 Å². The third-order valence-corrected chi connectivity index (χ3v) is 5.34. The van der Waals surface area contributed by atoms with Crippen molar-refractivity contribution in [2.45, 2.75) is 18.8 Å². The second-order valence-corrected chi connectivity index (χ2v) is 7.03. The molecule has 1 saturated heterocycles. The van der Waals surface area contributed by atoms with Gasteiger partial charge in [0, 0.05) is 43.8 Å². The number of fused-ring (bicyclic) bond motifs is 1. The van der Waals surface area contributed by atoms with Crippen LogP contribution >= 0.6 is 0 Å². The normalized spacial score (nSPS) is 15.5. The van der Waals surface area contributed by atoms with Crippen molar-refractivity contribution in [3.63, 3.8) is 0 Å². The van der Waals surface area contributed by atoms with Gasteiger partial charge in [-0.05, 0) is 12.8 Å². The molecule has 0 aliphatic carbocycles. The molecule has 4 aromatic rings. The predicted octanol–water partition coefficient (Wildman–Crippen LogP) is 2.91. The van der Waals surface area contributed by atoms with E-state index in [1.807, 2.05) is 46.6 Å². The fraction of sp³-hybridized carbons (Fsp3) is 0.300. The Balaban J connectivity index is 1.47. The summed E-state index contributed by atoms with van der Waals surface area (Å²) < 4.78 is 3.97. The number of anilines is 1. The van der Waals surface area contributed by atoms with Crippen molar-refractivity contribution in [1.29, 1.82) is 0 Å². The predicted molar refractivity (Wildman–Crippen MR) is 104 cm³/mol. The van der Waals surface area contributed by atoms with E-state index in [0.29, 0.717) is 5.92 Å². The molecule has 27 heavy (non-hydrogen) atoms. The molecule has 1 aliphatic heterocycles. The molecule has 0 unspecified atom stereocenters. The van der Waals surface area contributed by atoms with Gasteiger partial charge in [-0.25, -0.2) is 4.98 Å². The first-order valence-corrected chi connectivity index (χ1v) is 9.28. The minimum absolute atomic E-state index is 0.456. The lowest BCUT2D eigenvalue weighted by Crippen LogP contribution is -2.35. The summed E-state index contributed by atoms with van der Waals surface area (Å²) in [6.07, 6.45) is 5.70. The molecule has 1 fully saturated rings. The minimum Gasteiger partial charge on any atom is -0.356 e. The van der Waals surface area contributed by atoms with Crippen molar-refractivity contribution < 1.29 is 0 Å². The largest absolute Gasteiger partial charge is 0.356 e. The number of aryl methyl sites for hydroxylation is 1. The number of rotatable bonds is 3. The van der Waals surface area contributed by atoms with Crippen molar-refractivity contribution in [2.75, 3.05) is 18.0 Å². The monoisotopic (exact) mass is 359 g/mol. The van der Waals surface area contributed by atoms with Crippen molar-refractivity contribution in [1.82, 2.24) is 29.4 Å². The van der Waals surface area contributed by atoms with Crippen molar-refractivity contribution in [3.8, 4) is 11.3 Å². The van der Waals surface area contributed by atoms with E-state index in [9.17, 15) is 0 Å². The number of benzene rings is 1. The van der Waals surface area contributed by atoms with Gasteiger partial charge in [0.05, 0.1) is 11.9 Å². The molecule has 0 bridgehead atoms. The van der Waals surface area contributed by atoms with E-state index in [2.05, 4.69) is 38.4 Å². The summed E-state index contributed by atoms with van der Waals surface area (Å²) in [5.74, 6) is 2.64. The Kier molecular flexibility index (Phi) is 3.85. The summed E-state index contributed by atoms with van der Waals surface area (Å²) in [5, 5.41) is 12.8. The Morgan fingerprint density at radius 1 is 1.04 bits per heavy atom. The molecule has 1 aliphatic rings. The van der Waals surface area contributed by atoms with Crippen LogP contribution in [0.3, 0.4) is 0 Å². The van der Waals surface area contributed by atoms with Gasteiger partial charge in [-0.3, -0.25) is 0 Å². The molecule has 1 aromatic carbocycles. The highest BCUT2D eigenvalue weighted by Crippen LogP contribution is 2.31. The van der Waals surface area contributed by atoms with Crippen LogP contribution in [0.1, 0.15) is 24.6 Å². The molecule has 0 radical (unpaired) electrons. The van der Waals surface area contributed by atoms with Crippen LogP contribution in [-0.2, 0) is 7.05 Å². The van der Waals surface area contributed by atoms with E-state index in [1.165, 1.54) is 0 Å². The maximum absolute atomic E-state index is 4.78. The third kappa shape index (κ3) is 2.85. The summed E-state index contributed by atoms with van der Waals surface area (Å²) in [6, 6.07) is 14.4. The molecule has 0 amide bonds. The Bertz CT molecular complexity index is 1060. The smallest absolute Gasteiger partial charge is 0.157 e. The molecule has 7 nitrogen and oxygen atoms in total. The summed E-state index contributed by atoms with van der Waals surface area (Å²) in [7, 11) is 2.02. The molecule has 0 atom stereocenters. The van der Waals surface area contributed by atoms with Crippen molar-refractivity contribution >= 4 is 11.5 Å². The molecule has 0 saturated carbocycles. The van der Waals surface area contributed by atoms with Gasteiger partial charge >= 0.3 is 0 Å². The van der Waals surface area contributed by atoms with Crippen LogP contribution < -0.4 is 4.90 Å². The summed E-state index contributed by atoms with van der Waals surface area (Å²) in [5.41, 5.74) is 2.98. The number of piperidine rings is 1. The van der Waals surface area contributed by atoms with Crippen LogP contribution in [0.2, 0.25) is 0 Å². The maximum atomic E-state index is 4.78. The van der Waals surface area contributed by atoms with Gasteiger partial charge in [-0.2, -0.15) is 9.61 Å². The standard InChI is InChI=1S/C20H21N7/c1-25-14-21-24-20(25)16-8-11-26(12-9-16)19-13-17(15-5-3-2-4-6-15)23-18-7-10-22-27(18)19/h2-7,10,13-14,16H,8-9,11-12H2,1H3. The van der Waals surface area contributed by atoms with Gasteiger partial charge in [0.1, 0.15) is 18.0 Å². The Morgan fingerprint density at radius 2 is 1.85 bits per heavy atom. The number of hydrogen-bond donors (Lipinski definition) is 0. The van der Waals surface area contributed by atoms with E-state index in [1.54, 1.807) is 6.33 Å². The van der Waals surface area contributed by atoms with Crippen LogP contribution in [0.25, 0.3) is 16.9 Å². The van der Waals surface area contributed by atoms with Gasteiger partial charge in [0.15, 0.2) is 5.65 Å². The Morgan fingerprint density at radius 3 is 2.59 bits per heavy atom. The SMILES string of the molecule is Cn1cnnc1C1CCN(c2cc(-c3ccccc3)nc3ccnn23)CC1. The van der Waals surface area contributed by atoms with Gasteiger partial charge in [0.25, 0.3) is 0 Å². The third-order valence-electron chi connectivity index (χ3n) is 5.34. The van der Waals surface area contributed by atoms with Crippen molar-refractivity contribution in [3.05, 3.63) is 60.8 Å². The van der Waals surface area contributed by atoms with Gasteiger partial charge in [0.2, 0.25) is 0 Å². The molecular weight excluding hydrogens is 338 g/mol.